The fourth-order valence-electron chi connectivity index (χ4n) is 1.61. The minimum atomic E-state index is -2.90. The zero-order chi connectivity index (χ0) is 12.2. The Bertz CT molecular complexity index is 326. The van der Waals surface area contributed by atoms with Gasteiger partial charge in [-0.2, -0.15) is 0 Å². The van der Waals surface area contributed by atoms with E-state index in [0.29, 0.717) is 32.0 Å². The van der Waals surface area contributed by atoms with Gasteiger partial charge < -0.3 is 10.6 Å². The Labute approximate surface area is 96.9 Å². The van der Waals surface area contributed by atoms with Gasteiger partial charge in [0.2, 0.25) is 5.91 Å². The first kappa shape index (κ1) is 13.4. The van der Waals surface area contributed by atoms with Gasteiger partial charge in [-0.15, -0.1) is 0 Å². The molecule has 0 radical (unpaired) electrons. The van der Waals surface area contributed by atoms with Gasteiger partial charge in [-0.25, -0.2) is 8.42 Å². The molecule has 1 saturated heterocycles. The average Bonchev–Trinajstić information content (AvgIpc) is 2.25. The van der Waals surface area contributed by atoms with Gasteiger partial charge in [0.15, 0.2) is 9.84 Å². The lowest BCUT2D eigenvalue weighted by Gasteiger charge is -2.27. The Morgan fingerprint density at radius 3 is 2.44 bits per heavy atom. The van der Waals surface area contributed by atoms with Crippen molar-refractivity contribution in [3.05, 3.63) is 0 Å². The molecule has 94 valence electrons. The highest BCUT2D eigenvalue weighted by molar-refractivity contribution is 7.91. The average molecular weight is 248 g/mol. The van der Waals surface area contributed by atoms with E-state index >= 15 is 0 Å². The van der Waals surface area contributed by atoms with E-state index in [2.05, 4.69) is 0 Å². The summed E-state index contributed by atoms with van der Waals surface area (Å²) in [4.78, 5) is 13.4. The van der Waals surface area contributed by atoms with Crippen molar-refractivity contribution in [2.45, 2.75) is 19.8 Å². The smallest absolute Gasteiger partial charge is 0.222 e. The van der Waals surface area contributed by atoms with Gasteiger partial charge >= 0.3 is 0 Å². The fourth-order valence-corrected chi connectivity index (χ4v) is 2.81. The van der Waals surface area contributed by atoms with Crippen molar-refractivity contribution in [1.82, 2.24) is 4.90 Å². The molecule has 0 aliphatic carbocycles. The van der Waals surface area contributed by atoms with Gasteiger partial charge in [-0.3, -0.25) is 4.79 Å². The van der Waals surface area contributed by atoms with Crippen molar-refractivity contribution in [1.29, 1.82) is 0 Å². The summed E-state index contributed by atoms with van der Waals surface area (Å²) in [5, 5.41) is 0. The van der Waals surface area contributed by atoms with Crippen LogP contribution in [0.4, 0.5) is 0 Å². The number of nitrogens with two attached hydrogens (primary N) is 1. The van der Waals surface area contributed by atoms with Crippen molar-refractivity contribution < 1.29 is 13.2 Å². The molecule has 0 aromatic rings. The lowest BCUT2D eigenvalue weighted by atomic mass is 10.1. The minimum Gasteiger partial charge on any atom is -0.341 e. The number of amides is 1. The highest BCUT2D eigenvalue weighted by Gasteiger charge is 2.24. The molecular weight excluding hydrogens is 228 g/mol. The summed E-state index contributed by atoms with van der Waals surface area (Å²) < 4.78 is 22.4. The van der Waals surface area contributed by atoms with Crippen molar-refractivity contribution in [3.63, 3.8) is 0 Å². The molecule has 0 saturated carbocycles. The Kier molecular flexibility index (Phi) is 4.73. The number of carbonyl (C=O) groups excluding carboxylic acids is 1. The van der Waals surface area contributed by atoms with Gasteiger partial charge in [0.05, 0.1) is 11.5 Å². The van der Waals surface area contributed by atoms with E-state index in [0.717, 1.165) is 6.42 Å². The highest BCUT2D eigenvalue weighted by atomic mass is 32.2. The van der Waals surface area contributed by atoms with E-state index in [9.17, 15) is 13.2 Å². The largest absolute Gasteiger partial charge is 0.341 e. The summed E-state index contributed by atoms with van der Waals surface area (Å²) in [5.74, 6) is 0.601. The lowest BCUT2D eigenvalue weighted by molar-refractivity contribution is -0.131. The topological polar surface area (TPSA) is 80.5 Å². The molecule has 1 amide bonds. The molecule has 1 heterocycles. The standard InChI is InChI=1S/C10H20N2O3S/c1-9(8-11)2-3-10(13)12-4-6-16(14,15)7-5-12/h9H,2-8,11H2,1H3. The normalized spacial score (nSPS) is 21.8. The zero-order valence-corrected chi connectivity index (χ0v) is 10.5. The first-order chi connectivity index (χ1) is 7.44. The predicted molar refractivity (Wildman–Crippen MR) is 62.7 cm³/mol. The number of sulfone groups is 1. The van der Waals surface area contributed by atoms with Crippen LogP contribution in [0.25, 0.3) is 0 Å². The van der Waals surface area contributed by atoms with Crippen molar-refractivity contribution in [3.8, 4) is 0 Å². The third-order valence-corrected chi connectivity index (χ3v) is 4.56. The monoisotopic (exact) mass is 248 g/mol. The van der Waals surface area contributed by atoms with Crippen LogP contribution in [0.15, 0.2) is 0 Å². The summed E-state index contributed by atoms with van der Waals surface area (Å²) in [6.45, 7) is 3.28. The van der Waals surface area contributed by atoms with E-state index < -0.39 is 9.84 Å². The number of nitrogens with zero attached hydrogens (tertiary/aromatic N) is 1. The SMILES string of the molecule is CC(CN)CCC(=O)N1CCS(=O)(=O)CC1. The second-order valence-corrected chi connectivity index (χ2v) is 6.72. The molecule has 1 atom stereocenters. The fraction of sp³-hybridized carbons (Fsp3) is 0.900. The van der Waals surface area contributed by atoms with Crippen LogP contribution in [-0.2, 0) is 14.6 Å². The molecule has 0 spiro atoms. The molecule has 0 bridgehead atoms. The molecule has 1 unspecified atom stereocenters. The number of rotatable bonds is 4. The van der Waals surface area contributed by atoms with E-state index in [1.165, 1.54) is 0 Å². The maximum absolute atomic E-state index is 11.7. The minimum absolute atomic E-state index is 0.0511. The zero-order valence-electron chi connectivity index (χ0n) is 9.68. The van der Waals surface area contributed by atoms with Crippen LogP contribution in [0.1, 0.15) is 19.8 Å². The highest BCUT2D eigenvalue weighted by Crippen LogP contribution is 2.09. The van der Waals surface area contributed by atoms with Crippen LogP contribution in [0.2, 0.25) is 0 Å². The molecule has 1 aliphatic rings. The molecule has 2 N–H and O–H groups in total. The van der Waals surface area contributed by atoms with E-state index in [-0.39, 0.29) is 17.4 Å². The van der Waals surface area contributed by atoms with Crippen LogP contribution in [0.3, 0.4) is 0 Å². The summed E-state index contributed by atoms with van der Waals surface area (Å²) in [6.07, 6.45) is 1.25. The molecule has 1 rings (SSSR count). The van der Waals surface area contributed by atoms with Gasteiger partial charge in [0.1, 0.15) is 0 Å². The van der Waals surface area contributed by atoms with E-state index in [1.807, 2.05) is 6.92 Å². The van der Waals surface area contributed by atoms with Crippen LogP contribution < -0.4 is 5.73 Å². The third kappa shape index (κ3) is 4.09. The molecule has 6 heteroatoms. The number of hydrogen-bond acceptors (Lipinski definition) is 4. The number of carbonyl (C=O) groups is 1. The summed E-state index contributed by atoms with van der Waals surface area (Å²) >= 11 is 0. The summed E-state index contributed by atoms with van der Waals surface area (Å²) in [7, 11) is -2.90. The number of hydrogen-bond donors (Lipinski definition) is 1. The van der Waals surface area contributed by atoms with Gasteiger partial charge in [-0.1, -0.05) is 6.92 Å². The summed E-state index contributed by atoms with van der Waals surface area (Å²) in [5.41, 5.74) is 5.47. The Hall–Kier alpha value is -0.620. The Morgan fingerprint density at radius 1 is 1.38 bits per heavy atom. The lowest BCUT2D eigenvalue weighted by Crippen LogP contribution is -2.43. The van der Waals surface area contributed by atoms with Gasteiger partial charge in [0, 0.05) is 19.5 Å². The van der Waals surface area contributed by atoms with Crippen LogP contribution >= 0.6 is 0 Å². The second-order valence-electron chi connectivity index (χ2n) is 4.41. The van der Waals surface area contributed by atoms with E-state index in [1.54, 1.807) is 4.90 Å². The van der Waals surface area contributed by atoms with E-state index in [4.69, 9.17) is 5.73 Å². The van der Waals surface area contributed by atoms with Gasteiger partial charge in [0.25, 0.3) is 0 Å². The molecule has 0 aromatic carbocycles. The molecule has 16 heavy (non-hydrogen) atoms. The molecular formula is C10H20N2O3S. The van der Waals surface area contributed by atoms with Crippen molar-refractivity contribution in [2.75, 3.05) is 31.1 Å². The third-order valence-electron chi connectivity index (χ3n) is 2.95. The summed E-state index contributed by atoms with van der Waals surface area (Å²) in [6, 6.07) is 0. The maximum Gasteiger partial charge on any atom is 0.222 e. The van der Waals surface area contributed by atoms with Gasteiger partial charge in [-0.05, 0) is 18.9 Å². The quantitative estimate of drug-likeness (QED) is 0.735. The molecule has 1 fully saturated rings. The Morgan fingerprint density at radius 2 is 1.94 bits per heavy atom. The van der Waals surface area contributed by atoms with Crippen LogP contribution in [0, 0.1) is 5.92 Å². The predicted octanol–water partition coefficient (Wildman–Crippen LogP) is -0.382. The second kappa shape index (κ2) is 5.63. The maximum atomic E-state index is 11.7. The molecule has 5 nitrogen and oxygen atoms in total. The first-order valence-electron chi connectivity index (χ1n) is 5.63. The Balaban J connectivity index is 2.34. The van der Waals surface area contributed by atoms with Crippen LogP contribution in [0.5, 0.6) is 0 Å². The van der Waals surface area contributed by atoms with Crippen molar-refractivity contribution in [2.24, 2.45) is 11.7 Å². The molecule has 1 aliphatic heterocycles. The first-order valence-corrected chi connectivity index (χ1v) is 7.45. The molecule has 0 aromatic heterocycles. The van der Waals surface area contributed by atoms with Crippen LogP contribution in [-0.4, -0.2) is 50.4 Å². The van der Waals surface area contributed by atoms with Crippen molar-refractivity contribution >= 4 is 15.7 Å².